The second-order valence-electron chi connectivity index (χ2n) is 6.97. The molecule has 1 unspecified atom stereocenters. The summed E-state index contributed by atoms with van der Waals surface area (Å²) in [6, 6.07) is 12.9. The van der Waals surface area contributed by atoms with Gasteiger partial charge in [0.25, 0.3) is 5.91 Å². The minimum absolute atomic E-state index is 0.125. The van der Waals surface area contributed by atoms with E-state index in [1.54, 1.807) is 13.2 Å². The number of nitrogens with zero attached hydrogens (tertiary/aromatic N) is 2. The highest BCUT2D eigenvalue weighted by Crippen LogP contribution is 2.37. The second-order valence-corrected chi connectivity index (χ2v) is 6.97. The summed E-state index contributed by atoms with van der Waals surface area (Å²) < 4.78 is 10.7. The molecule has 28 heavy (non-hydrogen) atoms. The molecule has 144 valence electrons. The average Bonchev–Trinajstić information content (AvgIpc) is 3.26. The lowest BCUT2D eigenvalue weighted by Gasteiger charge is -2.13. The van der Waals surface area contributed by atoms with Crippen LogP contribution >= 0.6 is 0 Å². The zero-order valence-corrected chi connectivity index (χ0v) is 16.0. The van der Waals surface area contributed by atoms with Crippen LogP contribution in [0.3, 0.4) is 0 Å². The minimum atomic E-state index is -0.330. The van der Waals surface area contributed by atoms with Gasteiger partial charge in [-0.15, -0.1) is 0 Å². The topological polar surface area (TPSA) is 68.2 Å². The standard InChI is InChI=1S/C22H22N2O4/c1-3-4-5-20-17-11-8-15(12-18(17)22(26)28-20)24-21(25)13-19(23-24)14-6-9-16(27-2)10-7-14/h6-12,20H,3-5,13H2,1-2H3. The van der Waals surface area contributed by atoms with E-state index in [0.717, 1.165) is 36.1 Å². The molecule has 0 N–H and O–H groups in total. The summed E-state index contributed by atoms with van der Waals surface area (Å²) in [7, 11) is 1.61. The molecule has 0 bridgehead atoms. The Morgan fingerprint density at radius 3 is 2.68 bits per heavy atom. The predicted molar refractivity (Wildman–Crippen MR) is 106 cm³/mol. The number of cyclic esters (lactones) is 1. The van der Waals surface area contributed by atoms with Crippen LogP contribution in [0.15, 0.2) is 47.6 Å². The highest BCUT2D eigenvalue weighted by atomic mass is 16.5. The monoisotopic (exact) mass is 378 g/mol. The number of hydrazone groups is 1. The Labute approximate surface area is 163 Å². The van der Waals surface area contributed by atoms with Crippen LogP contribution in [0.4, 0.5) is 5.69 Å². The van der Waals surface area contributed by atoms with Crippen molar-refractivity contribution in [2.75, 3.05) is 12.1 Å². The fraction of sp³-hybridized carbons (Fsp3) is 0.318. The lowest BCUT2D eigenvalue weighted by Crippen LogP contribution is -2.19. The first-order chi connectivity index (χ1) is 13.6. The van der Waals surface area contributed by atoms with E-state index in [4.69, 9.17) is 9.47 Å². The maximum atomic E-state index is 12.5. The Bertz CT molecular complexity index is 950. The molecule has 2 aliphatic heterocycles. The molecule has 0 spiro atoms. The number of methoxy groups -OCH3 is 1. The lowest BCUT2D eigenvalue weighted by molar-refractivity contribution is -0.116. The van der Waals surface area contributed by atoms with Gasteiger partial charge < -0.3 is 9.47 Å². The van der Waals surface area contributed by atoms with Gasteiger partial charge in [-0.05, 0) is 54.8 Å². The molecule has 2 heterocycles. The maximum absolute atomic E-state index is 12.5. The largest absolute Gasteiger partial charge is 0.497 e. The van der Waals surface area contributed by atoms with E-state index in [1.807, 2.05) is 36.4 Å². The number of esters is 1. The van der Waals surface area contributed by atoms with Crippen molar-refractivity contribution >= 4 is 23.3 Å². The van der Waals surface area contributed by atoms with Crippen LogP contribution in [0.5, 0.6) is 5.75 Å². The number of anilines is 1. The van der Waals surface area contributed by atoms with Crippen LogP contribution in [0.2, 0.25) is 0 Å². The van der Waals surface area contributed by atoms with E-state index < -0.39 is 0 Å². The van der Waals surface area contributed by atoms with Gasteiger partial charge in [0.1, 0.15) is 11.9 Å². The maximum Gasteiger partial charge on any atom is 0.339 e. The first kappa shape index (κ1) is 18.2. The second kappa shape index (κ2) is 7.46. The molecule has 2 aromatic rings. The zero-order chi connectivity index (χ0) is 19.7. The number of unbranched alkanes of at least 4 members (excludes halogenated alkanes) is 1. The van der Waals surface area contributed by atoms with Crippen molar-refractivity contribution in [2.24, 2.45) is 5.10 Å². The molecule has 6 heteroatoms. The SMILES string of the molecule is CCCCC1OC(=O)c2cc(N3N=C(c4ccc(OC)cc4)CC3=O)ccc21. The Kier molecular flexibility index (Phi) is 4.86. The van der Waals surface area contributed by atoms with Crippen LogP contribution in [0.25, 0.3) is 0 Å². The number of ether oxygens (including phenoxy) is 2. The highest BCUT2D eigenvalue weighted by Gasteiger charge is 2.33. The Balaban J connectivity index is 1.60. The third-order valence-corrected chi connectivity index (χ3v) is 5.12. The number of carbonyl (C=O) groups excluding carboxylic acids is 2. The van der Waals surface area contributed by atoms with E-state index in [1.165, 1.54) is 5.01 Å². The molecule has 0 saturated heterocycles. The van der Waals surface area contributed by atoms with Crippen LogP contribution in [-0.2, 0) is 9.53 Å². The fourth-order valence-electron chi connectivity index (χ4n) is 3.57. The van der Waals surface area contributed by atoms with Crippen molar-refractivity contribution in [1.82, 2.24) is 0 Å². The van der Waals surface area contributed by atoms with Gasteiger partial charge in [-0.25, -0.2) is 9.80 Å². The van der Waals surface area contributed by atoms with E-state index in [2.05, 4.69) is 12.0 Å². The molecular weight excluding hydrogens is 356 g/mol. The third-order valence-electron chi connectivity index (χ3n) is 5.12. The highest BCUT2D eigenvalue weighted by molar-refractivity contribution is 6.19. The van der Waals surface area contributed by atoms with E-state index in [9.17, 15) is 9.59 Å². The van der Waals surface area contributed by atoms with Gasteiger partial charge in [0.15, 0.2) is 0 Å². The van der Waals surface area contributed by atoms with Gasteiger partial charge in [0, 0.05) is 5.56 Å². The molecule has 1 atom stereocenters. The lowest BCUT2D eigenvalue weighted by atomic mass is 10.0. The van der Waals surface area contributed by atoms with Gasteiger partial charge in [0.2, 0.25) is 0 Å². The quantitative estimate of drug-likeness (QED) is 0.705. The van der Waals surface area contributed by atoms with Crippen molar-refractivity contribution in [1.29, 1.82) is 0 Å². The van der Waals surface area contributed by atoms with E-state index in [0.29, 0.717) is 17.0 Å². The number of rotatable bonds is 6. The number of hydrogen-bond acceptors (Lipinski definition) is 5. The summed E-state index contributed by atoms with van der Waals surface area (Å²) >= 11 is 0. The summed E-state index contributed by atoms with van der Waals surface area (Å²) in [5.41, 5.74) is 3.57. The van der Waals surface area contributed by atoms with Crippen LogP contribution in [0.1, 0.15) is 60.2 Å². The van der Waals surface area contributed by atoms with Crippen molar-refractivity contribution in [3.8, 4) is 5.75 Å². The summed E-state index contributed by atoms with van der Waals surface area (Å²) in [6.45, 7) is 2.11. The Morgan fingerprint density at radius 1 is 1.18 bits per heavy atom. The summed E-state index contributed by atoms with van der Waals surface area (Å²) in [6.07, 6.45) is 2.89. The first-order valence-corrected chi connectivity index (χ1v) is 9.50. The number of carbonyl (C=O) groups is 2. The predicted octanol–water partition coefficient (Wildman–Crippen LogP) is 4.24. The molecule has 0 radical (unpaired) electrons. The molecule has 4 rings (SSSR count). The van der Waals surface area contributed by atoms with Gasteiger partial charge in [-0.3, -0.25) is 4.79 Å². The number of amides is 1. The summed E-state index contributed by atoms with van der Waals surface area (Å²) in [4.78, 5) is 24.8. The van der Waals surface area contributed by atoms with Crippen molar-refractivity contribution in [3.05, 3.63) is 59.2 Å². The van der Waals surface area contributed by atoms with Crippen molar-refractivity contribution < 1.29 is 19.1 Å². The van der Waals surface area contributed by atoms with Gasteiger partial charge in [0.05, 0.1) is 30.5 Å². The van der Waals surface area contributed by atoms with E-state index >= 15 is 0 Å². The Hall–Kier alpha value is -3.15. The smallest absolute Gasteiger partial charge is 0.339 e. The molecule has 1 amide bonds. The summed E-state index contributed by atoms with van der Waals surface area (Å²) in [5.74, 6) is 0.295. The van der Waals surface area contributed by atoms with Gasteiger partial charge in [-0.1, -0.05) is 19.4 Å². The van der Waals surface area contributed by atoms with E-state index in [-0.39, 0.29) is 24.4 Å². The third kappa shape index (κ3) is 3.26. The van der Waals surface area contributed by atoms with Crippen LogP contribution in [0, 0.1) is 0 Å². The fourth-order valence-corrected chi connectivity index (χ4v) is 3.57. The van der Waals surface area contributed by atoms with Crippen LogP contribution in [-0.4, -0.2) is 24.7 Å². The van der Waals surface area contributed by atoms with Crippen molar-refractivity contribution in [2.45, 2.75) is 38.7 Å². The van der Waals surface area contributed by atoms with Crippen LogP contribution < -0.4 is 9.75 Å². The Morgan fingerprint density at radius 2 is 1.96 bits per heavy atom. The molecular formula is C22H22N2O4. The molecule has 2 aliphatic rings. The first-order valence-electron chi connectivity index (χ1n) is 9.50. The number of hydrogen-bond donors (Lipinski definition) is 0. The molecule has 0 aromatic heterocycles. The number of fused-ring (bicyclic) bond motifs is 1. The summed E-state index contributed by atoms with van der Waals surface area (Å²) in [5, 5.41) is 5.86. The number of benzene rings is 2. The molecule has 0 saturated carbocycles. The zero-order valence-electron chi connectivity index (χ0n) is 16.0. The molecule has 0 aliphatic carbocycles. The molecule has 0 fully saturated rings. The molecule has 6 nitrogen and oxygen atoms in total. The van der Waals surface area contributed by atoms with Gasteiger partial charge in [-0.2, -0.15) is 5.10 Å². The molecule has 2 aromatic carbocycles. The average molecular weight is 378 g/mol. The normalized spacial score (nSPS) is 18.1. The minimum Gasteiger partial charge on any atom is -0.497 e. The van der Waals surface area contributed by atoms with Crippen molar-refractivity contribution in [3.63, 3.8) is 0 Å². The van der Waals surface area contributed by atoms with Gasteiger partial charge >= 0.3 is 5.97 Å².